The van der Waals surface area contributed by atoms with Crippen molar-refractivity contribution in [2.24, 2.45) is 11.8 Å². The molecule has 0 spiro atoms. The van der Waals surface area contributed by atoms with Gasteiger partial charge in [-0.15, -0.1) is 0 Å². The molecule has 0 radical (unpaired) electrons. The number of nitrogens with one attached hydrogen (secondary N) is 2. The first-order valence-corrected chi connectivity index (χ1v) is 6.33. The maximum Gasteiger partial charge on any atom is 0.253 e. The molecule has 2 unspecified atom stereocenters. The third-order valence-corrected chi connectivity index (χ3v) is 3.34. The van der Waals surface area contributed by atoms with E-state index in [-0.39, 0.29) is 5.91 Å². The van der Waals surface area contributed by atoms with E-state index in [1.165, 1.54) is 6.42 Å². The molecule has 1 saturated carbocycles. The molecule has 0 heterocycles. The quantitative estimate of drug-likeness (QED) is 0.819. The summed E-state index contributed by atoms with van der Waals surface area (Å²) in [7, 11) is 0. The first-order chi connectivity index (χ1) is 8.22. The van der Waals surface area contributed by atoms with Gasteiger partial charge in [-0.1, -0.05) is 19.1 Å². The van der Waals surface area contributed by atoms with E-state index in [9.17, 15) is 4.79 Å². The molecule has 1 aliphatic rings. The summed E-state index contributed by atoms with van der Waals surface area (Å²) >= 11 is 0. The van der Waals surface area contributed by atoms with Crippen molar-refractivity contribution in [3.8, 4) is 0 Å². The lowest BCUT2D eigenvalue weighted by Gasteiger charge is -2.10. The summed E-state index contributed by atoms with van der Waals surface area (Å²) in [5.41, 5.74) is 1.65. The fourth-order valence-electron chi connectivity index (χ4n) is 2.03. The van der Waals surface area contributed by atoms with Crippen LogP contribution < -0.4 is 10.6 Å². The van der Waals surface area contributed by atoms with Gasteiger partial charge in [0.2, 0.25) is 0 Å². The van der Waals surface area contributed by atoms with Crippen LogP contribution in [0.1, 0.15) is 30.6 Å². The topological polar surface area (TPSA) is 41.1 Å². The van der Waals surface area contributed by atoms with Gasteiger partial charge in [-0.2, -0.15) is 0 Å². The number of benzene rings is 1. The second-order valence-electron chi connectivity index (χ2n) is 4.76. The van der Waals surface area contributed by atoms with Crippen LogP contribution in [-0.4, -0.2) is 19.0 Å². The minimum Gasteiger partial charge on any atom is -0.385 e. The van der Waals surface area contributed by atoms with Gasteiger partial charge in [0.25, 0.3) is 5.91 Å². The van der Waals surface area contributed by atoms with Crippen molar-refractivity contribution in [1.82, 2.24) is 5.32 Å². The first kappa shape index (κ1) is 12.0. The van der Waals surface area contributed by atoms with Crippen molar-refractivity contribution < 1.29 is 4.79 Å². The Kier molecular flexibility index (Phi) is 3.67. The summed E-state index contributed by atoms with van der Waals surface area (Å²) in [6.45, 7) is 5.88. The SMILES string of the molecule is CCNc1ccccc1C(=O)NCC1CC1C. The molecule has 0 bridgehead atoms. The molecule has 2 rings (SSSR count). The Hall–Kier alpha value is -1.51. The highest BCUT2D eigenvalue weighted by Crippen LogP contribution is 2.36. The minimum absolute atomic E-state index is 0.0284. The standard InChI is InChI=1S/C14H20N2O/c1-3-15-13-7-5-4-6-12(13)14(17)16-9-11-8-10(11)2/h4-7,10-11,15H,3,8-9H2,1-2H3,(H,16,17). The largest absolute Gasteiger partial charge is 0.385 e. The van der Waals surface area contributed by atoms with Crippen LogP contribution in [0.15, 0.2) is 24.3 Å². The number of rotatable bonds is 5. The van der Waals surface area contributed by atoms with Crippen LogP contribution in [0, 0.1) is 11.8 Å². The van der Waals surface area contributed by atoms with Gasteiger partial charge in [0, 0.05) is 18.8 Å². The normalized spacial score (nSPS) is 22.0. The molecule has 3 heteroatoms. The highest BCUT2D eigenvalue weighted by atomic mass is 16.1. The van der Waals surface area contributed by atoms with Crippen molar-refractivity contribution in [3.05, 3.63) is 29.8 Å². The molecule has 0 aromatic heterocycles. The van der Waals surface area contributed by atoms with E-state index in [0.717, 1.165) is 30.3 Å². The average molecular weight is 232 g/mol. The van der Waals surface area contributed by atoms with E-state index in [2.05, 4.69) is 17.6 Å². The van der Waals surface area contributed by atoms with Crippen LogP contribution in [0.3, 0.4) is 0 Å². The van der Waals surface area contributed by atoms with Gasteiger partial charge in [0.15, 0.2) is 0 Å². The molecule has 1 fully saturated rings. The third kappa shape index (κ3) is 2.99. The average Bonchev–Trinajstić information content (AvgIpc) is 3.03. The summed E-state index contributed by atoms with van der Waals surface area (Å²) in [4.78, 5) is 12.0. The Morgan fingerprint density at radius 1 is 1.41 bits per heavy atom. The lowest BCUT2D eigenvalue weighted by Crippen LogP contribution is -2.26. The Balaban J connectivity index is 1.97. The number of anilines is 1. The van der Waals surface area contributed by atoms with Crippen LogP contribution in [-0.2, 0) is 0 Å². The highest BCUT2D eigenvalue weighted by molar-refractivity contribution is 5.99. The Morgan fingerprint density at radius 3 is 2.76 bits per heavy atom. The molecule has 17 heavy (non-hydrogen) atoms. The number of carbonyl (C=O) groups is 1. The lowest BCUT2D eigenvalue weighted by atomic mass is 10.1. The molecule has 92 valence electrons. The van der Waals surface area contributed by atoms with Crippen LogP contribution in [0.5, 0.6) is 0 Å². The van der Waals surface area contributed by atoms with Crippen LogP contribution >= 0.6 is 0 Å². The van der Waals surface area contributed by atoms with E-state index in [1.54, 1.807) is 0 Å². The summed E-state index contributed by atoms with van der Waals surface area (Å²) in [6, 6.07) is 7.65. The number of carbonyl (C=O) groups excluding carboxylic acids is 1. The smallest absolute Gasteiger partial charge is 0.253 e. The Bertz CT molecular complexity index is 403. The molecule has 3 nitrogen and oxygen atoms in total. The number of amides is 1. The summed E-state index contributed by atoms with van der Waals surface area (Å²) in [5, 5.41) is 6.22. The monoisotopic (exact) mass is 232 g/mol. The second-order valence-corrected chi connectivity index (χ2v) is 4.76. The molecule has 2 atom stereocenters. The molecule has 0 aliphatic heterocycles. The van der Waals surface area contributed by atoms with Crippen molar-refractivity contribution in [2.45, 2.75) is 20.3 Å². The first-order valence-electron chi connectivity index (χ1n) is 6.33. The third-order valence-electron chi connectivity index (χ3n) is 3.34. The van der Waals surface area contributed by atoms with Crippen LogP contribution in [0.2, 0.25) is 0 Å². The van der Waals surface area contributed by atoms with E-state index in [0.29, 0.717) is 5.92 Å². The fourth-order valence-corrected chi connectivity index (χ4v) is 2.03. The van der Waals surface area contributed by atoms with E-state index in [4.69, 9.17) is 0 Å². The number of hydrogen-bond acceptors (Lipinski definition) is 2. The van der Waals surface area contributed by atoms with Crippen LogP contribution in [0.4, 0.5) is 5.69 Å². The zero-order chi connectivity index (χ0) is 12.3. The van der Waals surface area contributed by atoms with Crippen molar-refractivity contribution >= 4 is 11.6 Å². The molecule has 2 N–H and O–H groups in total. The van der Waals surface area contributed by atoms with E-state index >= 15 is 0 Å². The van der Waals surface area contributed by atoms with Gasteiger partial charge < -0.3 is 10.6 Å². The number of para-hydroxylation sites is 1. The molecule has 1 aliphatic carbocycles. The number of hydrogen-bond donors (Lipinski definition) is 2. The highest BCUT2D eigenvalue weighted by Gasteiger charge is 2.32. The lowest BCUT2D eigenvalue weighted by molar-refractivity contribution is 0.0952. The summed E-state index contributed by atoms with van der Waals surface area (Å²) in [5.74, 6) is 1.49. The van der Waals surface area contributed by atoms with Crippen LogP contribution in [0.25, 0.3) is 0 Å². The Labute approximate surface area is 103 Å². The summed E-state index contributed by atoms with van der Waals surface area (Å²) in [6.07, 6.45) is 1.25. The predicted octanol–water partition coefficient (Wildman–Crippen LogP) is 2.50. The zero-order valence-corrected chi connectivity index (χ0v) is 10.5. The fraction of sp³-hybridized carbons (Fsp3) is 0.500. The Morgan fingerprint density at radius 2 is 2.12 bits per heavy atom. The van der Waals surface area contributed by atoms with Gasteiger partial charge in [-0.3, -0.25) is 4.79 Å². The van der Waals surface area contributed by atoms with Gasteiger partial charge >= 0.3 is 0 Å². The van der Waals surface area contributed by atoms with Gasteiger partial charge in [0.05, 0.1) is 5.56 Å². The molecule has 0 saturated heterocycles. The van der Waals surface area contributed by atoms with E-state index in [1.807, 2.05) is 31.2 Å². The minimum atomic E-state index is 0.0284. The van der Waals surface area contributed by atoms with Gasteiger partial charge in [-0.25, -0.2) is 0 Å². The summed E-state index contributed by atoms with van der Waals surface area (Å²) < 4.78 is 0. The van der Waals surface area contributed by atoms with Crippen molar-refractivity contribution in [2.75, 3.05) is 18.4 Å². The second kappa shape index (κ2) is 5.21. The van der Waals surface area contributed by atoms with Crippen molar-refractivity contribution in [1.29, 1.82) is 0 Å². The van der Waals surface area contributed by atoms with Gasteiger partial charge in [-0.05, 0) is 37.3 Å². The molecular formula is C14H20N2O. The van der Waals surface area contributed by atoms with Crippen molar-refractivity contribution in [3.63, 3.8) is 0 Å². The predicted molar refractivity (Wildman–Crippen MR) is 70.2 cm³/mol. The zero-order valence-electron chi connectivity index (χ0n) is 10.5. The molecule has 1 aromatic rings. The van der Waals surface area contributed by atoms with Gasteiger partial charge in [0.1, 0.15) is 0 Å². The van der Waals surface area contributed by atoms with E-state index < -0.39 is 0 Å². The maximum absolute atomic E-state index is 12.0. The molecular weight excluding hydrogens is 212 g/mol. The maximum atomic E-state index is 12.0. The molecule has 1 amide bonds. The molecule has 1 aromatic carbocycles.